The van der Waals surface area contributed by atoms with Crippen molar-refractivity contribution in [2.75, 3.05) is 12.3 Å². The van der Waals surface area contributed by atoms with Crippen molar-refractivity contribution < 1.29 is 5.11 Å². The molecule has 3 nitrogen and oxygen atoms in total. The number of hydrogen-bond donors (Lipinski definition) is 3. The molecule has 1 aliphatic heterocycles. The highest BCUT2D eigenvalue weighted by molar-refractivity contribution is 5.48. The van der Waals surface area contributed by atoms with Crippen LogP contribution >= 0.6 is 0 Å². The Bertz CT molecular complexity index is 306. The van der Waals surface area contributed by atoms with Crippen molar-refractivity contribution in [3.63, 3.8) is 0 Å². The fourth-order valence-electron chi connectivity index (χ4n) is 1.81. The van der Waals surface area contributed by atoms with Crippen LogP contribution in [0, 0.1) is 0 Å². The van der Waals surface area contributed by atoms with Crippen molar-refractivity contribution in [2.24, 2.45) is 0 Å². The summed E-state index contributed by atoms with van der Waals surface area (Å²) in [4.78, 5) is 0. The van der Waals surface area contributed by atoms with Gasteiger partial charge in [0.25, 0.3) is 0 Å². The Labute approximate surface area is 77.6 Å². The largest absolute Gasteiger partial charge is 0.508 e. The second kappa shape index (κ2) is 3.26. The highest BCUT2D eigenvalue weighted by Gasteiger charge is 2.18. The Kier molecular flexibility index (Phi) is 2.10. The SMILES string of the molecule is Nc1ccc(C2CCCN2)c(O)c1. The monoisotopic (exact) mass is 178 g/mol. The second-order valence-corrected chi connectivity index (χ2v) is 3.47. The van der Waals surface area contributed by atoms with Gasteiger partial charge in [0.15, 0.2) is 0 Å². The van der Waals surface area contributed by atoms with Crippen LogP contribution in [0.25, 0.3) is 0 Å². The second-order valence-electron chi connectivity index (χ2n) is 3.47. The third kappa shape index (κ3) is 1.60. The summed E-state index contributed by atoms with van der Waals surface area (Å²) in [7, 11) is 0. The molecule has 1 aromatic rings. The van der Waals surface area contributed by atoms with Crippen molar-refractivity contribution >= 4 is 5.69 Å². The molecule has 1 saturated heterocycles. The van der Waals surface area contributed by atoms with Gasteiger partial charge in [-0.05, 0) is 25.5 Å². The van der Waals surface area contributed by atoms with Crippen LogP contribution in [0.1, 0.15) is 24.4 Å². The van der Waals surface area contributed by atoms with Crippen LogP contribution in [0.15, 0.2) is 18.2 Å². The number of hydrogen-bond acceptors (Lipinski definition) is 3. The zero-order valence-electron chi connectivity index (χ0n) is 7.46. The van der Waals surface area contributed by atoms with Crippen LogP contribution < -0.4 is 11.1 Å². The molecule has 70 valence electrons. The first-order valence-electron chi connectivity index (χ1n) is 4.59. The van der Waals surface area contributed by atoms with Crippen LogP contribution in [-0.4, -0.2) is 11.7 Å². The molecular formula is C10H14N2O. The fraction of sp³-hybridized carbons (Fsp3) is 0.400. The average Bonchev–Trinajstić information content (AvgIpc) is 2.56. The molecule has 1 aliphatic rings. The lowest BCUT2D eigenvalue weighted by Gasteiger charge is -2.12. The van der Waals surface area contributed by atoms with Gasteiger partial charge >= 0.3 is 0 Å². The zero-order chi connectivity index (χ0) is 9.26. The molecule has 0 amide bonds. The number of phenols is 1. The quantitative estimate of drug-likeness (QED) is 0.570. The number of nitrogens with one attached hydrogen (secondary N) is 1. The van der Waals surface area contributed by atoms with Gasteiger partial charge < -0.3 is 16.2 Å². The third-order valence-electron chi connectivity index (χ3n) is 2.49. The summed E-state index contributed by atoms with van der Waals surface area (Å²) < 4.78 is 0. The van der Waals surface area contributed by atoms with Crippen LogP contribution in [0.4, 0.5) is 5.69 Å². The third-order valence-corrected chi connectivity index (χ3v) is 2.49. The summed E-state index contributed by atoms with van der Waals surface area (Å²) in [5.74, 6) is 0.305. The van der Waals surface area contributed by atoms with Crippen LogP contribution in [0.5, 0.6) is 5.75 Å². The van der Waals surface area contributed by atoms with Gasteiger partial charge in [0.2, 0.25) is 0 Å². The van der Waals surface area contributed by atoms with E-state index in [-0.39, 0.29) is 0 Å². The standard InChI is InChI=1S/C10H14N2O/c11-7-3-4-8(10(13)6-7)9-2-1-5-12-9/h3-4,6,9,12-13H,1-2,5,11H2. The Morgan fingerprint density at radius 2 is 2.31 bits per heavy atom. The molecule has 1 aromatic carbocycles. The number of phenolic OH excluding ortho intramolecular Hbond substituents is 1. The summed E-state index contributed by atoms with van der Waals surface area (Å²) in [6.45, 7) is 1.04. The molecule has 1 fully saturated rings. The number of anilines is 1. The summed E-state index contributed by atoms with van der Waals surface area (Å²) in [6.07, 6.45) is 2.27. The molecule has 0 spiro atoms. The van der Waals surface area contributed by atoms with Crippen molar-refractivity contribution in [1.29, 1.82) is 0 Å². The number of benzene rings is 1. The van der Waals surface area contributed by atoms with Crippen molar-refractivity contribution in [2.45, 2.75) is 18.9 Å². The molecule has 1 unspecified atom stereocenters. The van der Waals surface area contributed by atoms with E-state index in [1.54, 1.807) is 6.07 Å². The molecule has 0 radical (unpaired) electrons. The van der Waals surface area contributed by atoms with E-state index in [4.69, 9.17) is 5.73 Å². The maximum absolute atomic E-state index is 9.63. The van der Waals surface area contributed by atoms with E-state index in [2.05, 4.69) is 5.32 Å². The Morgan fingerprint density at radius 3 is 2.92 bits per heavy atom. The fourth-order valence-corrected chi connectivity index (χ4v) is 1.81. The van der Waals surface area contributed by atoms with Crippen molar-refractivity contribution in [3.05, 3.63) is 23.8 Å². The number of aromatic hydroxyl groups is 1. The number of nitrogens with two attached hydrogens (primary N) is 1. The molecule has 2 rings (SSSR count). The van der Waals surface area contributed by atoms with Gasteiger partial charge in [-0.2, -0.15) is 0 Å². The van der Waals surface area contributed by atoms with Gasteiger partial charge in [-0.15, -0.1) is 0 Å². The van der Waals surface area contributed by atoms with Gasteiger partial charge in [-0.1, -0.05) is 6.07 Å². The van der Waals surface area contributed by atoms with Crippen LogP contribution in [0.3, 0.4) is 0 Å². The van der Waals surface area contributed by atoms with Crippen molar-refractivity contribution in [1.82, 2.24) is 5.32 Å². The molecule has 1 atom stereocenters. The van der Waals surface area contributed by atoms with Gasteiger partial charge in [0.05, 0.1) is 0 Å². The highest BCUT2D eigenvalue weighted by Crippen LogP contribution is 2.31. The summed E-state index contributed by atoms with van der Waals surface area (Å²) in [5, 5.41) is 13.0. The molecule has 3 heteroatoms. The summed E-state index contributed by atoms with van der Waals surface area (Å²) in [6, 6.07) is 5.64. The minimum Gasteiger partial charge on any atom is -0.508 e. The summed E-state index contributed by atoms with van der Waals surface area (Å²) in [5.41, 5.74) is 7.12. The highest BCUT2D eigenvalue weighted by atomic mass is 16.3. The van der Waals surface area contributed by atoms with E-state index in [9.17, 15) is 5.11 Å². The first-order valence-corrected chi connectivity index (χ1v) is 4.59. The first kappa shape index (κ1) is 8.38. The lowest BCUT2D eigenvalue weighted by atomic mass is 10.0. The van der Waals surface area contributed by atoms with Crippen LogP contribution in [0.2, 0.25) is 0 Å². The minimum atomic E-state index is 0.305. The molecule has 0 aromatic heterocycles. The first-order chi connectivity index (χ1) is 6.27. The predicted octanol–water partition coefficient (Wildman–Crippen LogP) is 1.40. The minimum absolute atomic E-state index is 0.305. The zero-order valence-corrected chi connectivity index (χ0v) is 7.46. The smallest absolute Gasteiger partial charge is 0.122 e. The lowest BCUT2D eigenvalue weighted by Crippen LogP contribution is -2.12. The topological polar surface area (TPSA) is 58.3 Å². The van der Waals surface area contributed by atoms with Gasteiger partial charge in [-0.25, -0.2) is 0 Å². The molecule has 4 N–H and O–H groups in total. The molecule has 0 bridgehead atoms. The van der Waals surface area contributed by atoms with Crippen molar-refractivity contribution in [3.8, 4) is 5.75 Å². The van der Waals surface area contributed by atoms with Gasteiger partial charge in [0.1, 0.15) is 5.75 Å². The Hall–Kier alpha value is -1.22. The average molecular weight is 178 g/mol. The molecule has 13 heavy (non-hydrogen) atoms. The maximum Gasteiger partial charge on any atom is 0.122 e. The normalized spacial score (nSPS) is 22.0. The van der Waals surface area contributed by atoms with E-state index < -0.39 is 0 Å². The van der Waals surface area contributed by atoms with E-state index in [1.165, 1.54) is 6.42 Å². The van der Waals surface area contributed by atoms with Gasteiger partial charge in [-0.3, -0.25) is 0 Å². The lowest BCUT2D eigenvalue weighted by molar-refractivity contribution is 0.457. The Balaban J connectivity index is 2.29. The van der Waals surface area contributed by atoms with E-state index in [0.717, 1.165) is 18.5 Å². The van der Waals surface area contributed by atoms with E-state index in [0.29, 0.717) is 17.5 Å². The van der Waals surface area contributed by atoms with Gasteiger partial charge in [0, 0.05) is 23.4 Å². The number of rotatable bonds is 1. The summed E-state index contributed by atoms with van der Waals surface area (Å²) >= 11 is 0. The molecule has 1 heterocycles. The van der Waals surface area contributed by atoms with E-state index >= 15 is 0 Å². The maximum atomic E-state index is 9.63. The van der Waals surface area contributed by atoms with E-state index in [1.807, 2.05) is 12.1 Å². The van der Waals surface area contributed by atoms with Crippen LogP contribution in [-0.2, 0) is 0 Å². The molecule has 0 aliphatic carbocycles. The predicted molar refractivity (Wildman–Crippen MR) is 52.5 cm³/mol. The molecule has 0 saturated carbocycles. The molecular weight excluding hydrogens is 164 g/mol. The Morgan fingerprint density at radius 1 is 1.46 bits per heavy atom. The number of nitrogen functional groups attached to an aromatic ring is 1.